The van der Waals surface area contributed by atoms with E-state index in [0.29, 0.717) is 5.56 Å². The molecule has 0 radical (unpaired) electrons. The van der Waals surface area contributed by atoms with Crippen LogP contribution in [0.3, 0.4) is 0 Å². The van der Waals surface area contributed by atoms with Crippen LogP contribution >= 0.6 is 0 Å². The number of carbonyl (C=O) groups excluding carboxylic acids is 1. The van der Waals surface area contributed by atoms with Crippen molar-refractivity contribution in [3.8, 4) is 0 Å². The summed E-state index contributed by atoms with van der Waals surface area (Å²) in [5.74, 6) is -1.25. The van der Waals surface area contributed by atoms with Crippen molar-refractivity contribution in [2.75, 3.05) is 0 Å². The zero-order valence-electron chi connectivity index (χ0n) is 8.92. The minimum absolute atomic E-state index is 0.0634. The zero-order valence-corrected chi connectivity index (χ0v) is 8.92. The molecule has 0 bridgehead atoms. The Labute approximate surface area is 92.7 Å². The van der Waals surface area contributed by atoms with Crippen molar-refractivity contribution in [1.29, 1.82) is 0 Å². The van der Waals surface area contributed by atoms with Gasteiger partial charge < -0.3 is 14.4 Å². The minimum atomic E-state index is -0.983. The smallest absolute Gasteiger partial charge is 0.326 e. The fourth-order valence-electron chi connectivity index (χ4n) is 1.66. The number of aliphatic carboxylic acids is 1. The molecule has 1 aromatic rings. The highest BCUT2D eigenvalue weighted by atomic mass is 16.4. The van der Waals surface area contributed by atoms with Gasteiger partial charge in [-0.3, -0.25) is 4.79 Å². The van der Waals surface area contributed by atoms with E-state index in [9.17, 15) is 9.59 Å². The largest absolute Gasteiger partial charge is 0.480 e. The number of furan rings is 1. The molecule has 1 N–H and O–H groups in total. The molecule has 1 unspecified atom stereocenters. The molecule has 1 amide bonds. The monoisotopic (exact) mass is 223 g/mol. The van der Waals surface area contributed by atoms with Crippen LogP contribution in [0.25, 0.3) is 0 Å². The van der Waals surface area contributed by atoms with Crippen molar-refractivity contribution in [2.24, 2.45) is 0 Å². The first kappa shape index (κ1) is 10.7. The molecular formula is C11H13NO4. The SMILES string of the molecule is CC(C(=O)O)N(C(=O)c1ccoc1)C1CC1. The lowest BCUT2D eigenvalue weighted by Gasteiger charge is -2.25. The summed E-state index contributed by atoms with van der Waals surface area (Å²) in [6, 6.07) is 0.815. The molecule has 0 spiro atoms. The van der Waals surface area contributed by atoms with Gasteiger partial charge in [0.25, 0.3) is 5.91 Å². The van der Waals surface area contributed by atoms with Gasteiger partial charge in [-0.2, -0.15) is 0 Å². The molecule has 2 rings (SSSR count). The molecule has 1 heterocycles. The predicted molar refractivity (Wildman–Crippen MR) is 55.0 cm³/mol. The van der Waals surface area contributed by atoms with E-state index in [1.54, 1.807) is 6.07 Å². The minimum Gasteiger partial charge on any atom is -0.480 e. The van der Waals surface area contributed by atoms with Gasteiger partial charge in [0.1, 0.15) is 12.3 Å². The highest BCUT2D eigenvalue weighted by Crippen LogP contribution is 2.30. The van der Waals surface area contributed by atoms with Gasteiger partial charge in [0.15, 0.2) is 0 Å². The lowest BCUT2D eigenvalue weighted by atomic mass is 10.2. The molecule has 1 aliphatic rings. The summed E-state index contributed by atoms with van der Waals surface area (Å²) >= 11 is 0. The molecule has 5 nitrogen and oxygen atoms in total. The van der Waals surface area contributed by atoms with Gasteiger partial charge in [0.05, 0.1) is 11.8 Å². The Balaban J connectivity index is 2.19. The summed E-state index contributed by atoms with van der Waals surface area (Å²) in [5.41, 5.74) is 0.403. The molecule has 1 aliphatic carbocycles. The van der Waals surface area contributed by atoms with Gasteiger partial charge in [-0.15, -0.1) is 0 Å². The normalized spacial score (nSPS) is 16.8. The molecule has 1 saturated carbocycles. The standard InChI is InChI=1S/C11H13NO4/c1-7(11(14)15)12(9-2-3-9)10(13)8-4-5-16-6-8/h4-7,9H,2-3H2,1H3,(H,14,15). The number of hydrogen-bond acceptors (Lipinski definition) is 3. The van der Waals surface area contributed by atoms with E-state index in [-0.39, 0.29) is 11.9 Å². The lowest BCUT2D eigenvalue weighted by molar-refractivity contribution is -0.141. The van der Waals surface area contributed by atoms with E-state index in [2.05, 4.69) is 0 Å². The van der Waals surface area contributed by atoms with Crippen LogP contribution < -0.4 is 0 Å². The molecule has 0 saturated heterocycles. The van der Waals surface area contributed by atoms with Crippen LogP contribution in [0.2, 0.25) is 0 Å². The number of rotatable bonds is 4. The number of hydrogen-bond donors (Lipinski definition) is 1. The van der Waals surface area contributed by atoms with Crippen molar-refractivity contribution < 1.29 is 19.1 Å². The molecule has 1 atom stereocenters. The Morgan fingerprint density at radius 3 is 2.69 bits per heavy atom. The quantitative estimate of drug-likeness (QED) is 0.836. The van der Waals surface area contributed by atoms with Crippen LogP contribution in [0.5, 0.6) is 0 Å². The molecule has 5 heteroatoms. The Hall–Kier alpha value is -1.78. The lowest BCUT2D eigenvalue weighted by Crippen LogP contribution is -2.44. The van der Waals surface area contributed by atoms with Gasteiger partial charge in [0, 0.05) is 6.04 Å². The first-order valence-corrected chi connectivity index (χ1v) is 5.19. The topological polar surface area (TPSA) is 70.8 Å². The predicted octanol–water partition coefficient (Wildman–Crippen LogP) is 1.36. The Morgan fingerprint density at radius 1 is 1.56 bits per heavy atom. The average Bonchev–Trinajstić information content (AvgIpc) is 2.93. The molecular weight excluding hydrogens is 210 g/mol. The maximum absolute atomic E-state index is 12.0. The summed E-state index contributed by atoms with van der Waals surface area (Å²) in [4.78, 5) is 24.4. The van der Waals surface area contributed by atoms with Crippen molar-refractivity contribution in [3.63, 3.8) is 0 Å². The van der Waals surface area contributed by atoms with Crippen LogP contribution in [-0.2, 0) is 4.79 Å². The third-order valence-corrected chi connectivity index (χ3v) is 2.72. The van der Waals surface area contributed by atoms with Crippen LogP contribution in [-0.4, -0.2) is 34.0 Å². The first-order chi connectivity index (χ1) is 7.61. The second-order valence-corrected chi connectivity index (χ2v) is 3.97. The highest BCUT2D eigenvalue weighted by Gasteiger charge is 2.38. The van der Waals surface area contributed by atoms with Crippen LogP contribution in [0.4, 0.5) is 0 Å². The molecule has 1 aromatic heterocycles. The van der Waals surface area contributed by atoms with E-state index in [4.69, 9.17) is 9.52 Å². The summed E-state index contributed by atoms with van der Waals surface area (Å²) in [5, 5.41) is 8.96. The van der Waals surface area contributed by atoms with Crippen molar-refractivity contribution in [2.45, 2.75) is 31.8 Å². The second kappa shape index (κ2) is 4.00. The molecule has 0 aromatic carbocycles. The number of carbonyl (C=O) groups is 2. The fraction of sp³-hybridized carbons (Fsp3) is 0.455. The number of carboxylic acid groups (broad SMARTS) is 1. The Bertz CT molecular complexity index is 394. The van der Waals surface area contributed by atoms with Crippen molar-refractivity contribution in [3.05, 3.63) is 24.2 Å². The third kappa shape index (κ3) is 1.93. The summed E-state index contributed by atoms with van der Waals surface area (Å²) < 4.78 is 4.83. The van der Waals surface area contributed by atoms with E-state index in [1.165, 1.54) is 24.3 Å². The Morgan fingerprint density at radius 2 is 2.25 bits per heavy atom. The number of amides is 1. The highest BCUT2D eigenvalue weighted by molar-refractivity contribution is 5.96. The van der Waals surface area contributed by atoms with Crippen molar-refractivity contribution >= 4 is 11.9 Å². The van der Waals surface area contributed by atoms with Gasteiger partial charge in [-0.05, 0) is 25.8 Å². The van der Waals surface area contributed by atoms with E-state index < -0.39 is 12.0 Å². The van der Waals surface area contributed by atoms with Gasteiger partial charge in [-0.1, -0.05) is 0 Å². The second-order valence-electron chi connectivity index (χ2n) is 3.97. The van der Waals surface area contributed by atoms with Crippen molar-refractivity contribution in [1.82, 2.24) is 4.90 Å². The van der Waals surface area contributed by atoms with Crippen LogP contribution in [0.15, 0.2) is 23.0 Å². The third-order valence-electron chi connectivity index (χ3n) is 2.72. The number of carboxylic acids is 1. The summed E-state index contributed by atoms with van der Waals surface area (Å²) in [6.45, 7) is 1.53. The van der Waals surface area contributed by atoms with Gasteiger partial charge in [0.2, 0.25) is 0 Å². The van der Waals surface area contributed by atoms with Gasteiger partial charge >= 0.3 is 5.97 Å². The molecule has 16 heavy (non-hydrogen) atoms. The first-order valence-electron chi connectivity index (χ1n) is 5.19. The zero-order chi connectivity index (χ0) is 11.7. The van der Waals surface area contributed by atoms with E-state index in [0.717, 1.165) is 12.8 Å². The van der Waals surface area contributed by atoms with Crippen LogP contribution in [0.1, 0.15) is 30.1 Å². The van der Waals surface area contributed by atoms with E-state index in [1.807, 2.05) is 0 Å². The maximum Gasteiger partial charge on any atom is 0.326 e. The molecule has 1 fully saturated rings. The van der Waals surface area contributed by atoms with Gasteiger partial charge in [-0.25, -0.2) is 4.79 Å². The summed E-state index contributed by atoms with van der Waals surface area (Å²) in [6.07, 6.45) is 4.50. The number of nitrogens with zero attached hydrogens (tertiary/aromatic N) is 1. The molecule has 0 aliphatic heterocycles. The Kier molecular flexibility index (Phi) is 2.68. The molecule has 86 valence electrons. The maximum atomic E-state index is 12.0. The fourth-order valence-corrected chi connectivity index (χ4v) is 1.66. The summed E-state index contributed by atoms with van der Waals surface area (Å²) in [7, 11) is 0. The van der Waals surface area contributed by atoms with Crippen LogP contribution in [0, 0.1) is 0 Å². The van der Waals surface area contributed by atoms with E-state index >= 15 is 0 Å². The average molecular weight is 223 g/mol.